The molecule has 2 amide bonds. The number of aryl methyl sites for hydroxylation is 1. The molecule has 6 heteroatoms. The zero-order chi connectivity index (χ0) is 18.8. The van der Waals surface area contributed by atoms with Crippen molar-refractivity contribution in [2.45, 2.75) is 76.8 Å². The van der Waals surface area contributed by atoms with Crippen LogP contribution in [0.4, 0.5) is 5.69 Å². The van der Waals surface area contributed by atoms with E-state index in [1.54, 1.807) is 0 Å². The Morgan fingerprint density at radius 3 is 2.81 bits per heavy atom. The Bertz CT molecular complexity index is 851. The van der Waals surface area contributed by atoms with Crippen molar-refractivity contribution >= 4 is 28.5 Å². The molecule has 2 fully saturated rings. The molecule has 27 heavy (non-hydrogen) atoms. The Morgan fingerprint density at radius 1 is 1.26 bits per heavy atom. The molecular formula is C21H28N4O2. The number of amides is 2. The van der Waals surface area contributed by atoms with Crippen molar-refractivity contribution in [1.82, 2.24) is 14.9 Å². The third-order valence-electron chi connectivity index (χ3n) is 5.89. The van der Waals surface area contributed by atoms with Gasteiger partial charge in [0, 0.05) is 30.6 Å². The van der Waals surface area contributed by atoms with Crippen LogP contribution >= 0.6 is 0 Å². The van der Waals surface area contributed by atoms with Gasteiger partial charge in [0.2, 0.25) is 11.8 Å². The molecule has 144 valence electrons. The molecule has 1 saturated heterocycles. The summed E-state index contributed by atoms with van der Waals surface area (Å²) in [6.45, 7) is 2.07. The van der Waals surface area contributed by atoms with E-state index in [0.29, 0.717) is 25.3 Å². The highest BCUT2D eigenvalue weighted by molar-refractivity contribution is 5.93. The number of rotatable bonds is 5. The average molecular weight is 368 g/mol. The molecule has 1 aliphatic carbocycles. The Hall–Kier alpha value is -2.37. The molecule has 2 N–H and O–H groups in total. The van der Waals surface area contributed by atoms with Crippen molar-refractivity contribution < 1.29 is 9.59 Å². The van der Waals surface area contributed by atoms with Crippen LogP contribution in [0.1, 0.15) is 69.7 Å². The van der Waals surface area contributed by atoms with Gasteiger partial charge in [0.25, 0.3) is 0 Å². The first kappa shape index (κ1) is 18.0. The predicted molar refractivity (Wildman–Crippen MR) is 106 cm³/mol. The van der Waals surface area contributed by atoms with Gasteiger partial charge in [-0.25, -0.2) is 4.98 Å². The number of nitrogens with one attached hydrogen (secondary N) is 2. The van der Waals surface area contributed by atoms with E-state index in [9.17, 15) is 9.59 Å². The van der Waals surface area contributed by atoms with Crippen molar-refractivity contribution in [3.05, 3.63) is 24.0 Å². The van der Waals surface area contributed by atoms with Gasteiger partial charge in [0.05, 0.1) is 11.0 Å². The van der Waals surface area contributed by atoms with Crippen LogP contribution in [-0.2, 0) is 9.59 Å². The second kappa shape index (κ2) is 7.71. The van der Waals surface area contributed by atoms with E-state index in [1.807, 2.05) is 12.1 Å². The van der Waals surface area contributed by atoms with Crippen LogP contribution in [0.15, 0.2) is 18.2 Å². The minimum absolute atomic E-state index is 0.0149. The monoisotopic (exact) mass is 368 g/mol. The normalized spacial score (nSPS) is 20.8. The van der Waals surface area contributed by atoms with Gasteiger partial charge >= 0.3 is 0 Å². The number of nitrogens with zero attached hydrogens (tertiary/aromatic N) is 2. The van der Waals surface area contributed by atoms with E-state index in [0.717, 1.165) is 29.0 Å². The number of fused-ring (bicyclic) bond motifs is 1. The SMILES string of the molecule is Cc1nc2cc(NC(=O)CCC3CCC(=O)N3)ccc2n1C1CCCCC1. The molecule has 2 aliphatic rings. The van der Waals surface area contributed by atoms with Gasteiger partial charge in [-0.3, -0.25) is 9.59 Å². The first-order chi connectivity index (χ1) is 13.1. The molecule has 1 saturated carbocycles. The number of hydrogen-bond acceptors (Lipinski definition) is 3. The molecular weight excluding hydrogens is 340 g/mol. The Kier molecular flexibility index (Phi) is 5.14. The lowest BCUT2D eigenvalue weighted by Crippen LogP contribution is -2.26. The van der Waals surface area contributed by atoms with Crippen LogP contribution in [0, 0.1) is 6.92 Å². The summed E-state index contributed by atoms with van der Waals surface area (Å²) in [6.07, 6.45) is 8.88. The van der Waals surface area contributed by atoms with Gasteiger partial charge in [-0.05, 0) is 50.8 Å². The van der Waals surface area contributed by atoms with Crippen molar-refractivity contribution in [2.75, 3.05) is 5.32 Å². The standard InChI is InChI=1S/C21H28N4O2/c1-14-22-18-13-16(24-21(27)12-9-15-8-11-20(26)23-15)7-10-19(18)25(14)17-5-3-2-4-6-17/h7,10,13,15,17H,2-6,8-9,11-12H2,1H3,(H,23,26)(H,24,27). The van der Waals surface area contributed by atoms with Crippen LogP contribution in [0.5, 0.6) is 0 Å². The molecule has 4 rings (SSSR count). The number of hydrogen-bond donors (Lipinski definition) is 2. The van der Waals surface area contributed by atoms with Gasteiger partial charge in [0.15, 0.2) is 0 Å². The maximum atomic E-state index is 12.3. The first-order valence-corrected chi connectivity index (χ1v) is 10.2. The molecule has 1 aliphatic heterocycles. The number of imidazole rings is 1. The van der Waals surface area contributed by atoms with Crippen molar-refractivity contribution in [2.24, 2.45) is 0 Å². The molecule has 2 heterocycles. The minimum atomic E-state index is -0.0149. The van der Waals surface area contributed by atoms with Gasteiger partial charge in [-0.1, -0.05) is 19.3 Å². The second-order valence-electron chi connectivity index (χ2n) is 7.91. The topological polar surface area (TPSA) is 76.0 Å². The molecule has 1 aromatic heterocycles. The summed E-state index contributed by atoms with van der Waals surface area (Å²) in [5.74, 6) is 1.13. The van der Waals surface area contributed by atoms with E-state index in [4.69, 9.17) is 4.98 Å². The van der Waals surface area contributed by atoms with E-state index in [-0.39, 0.29) is 17.9 Å². The lowest BCUT2D eigenvalue weighted by molar-refractivity contribution is -0.120. The fourth-order valence-corrected chi connectivity index (χ4v) is 4.52. The van der Waals surface area contributed by atoms with Gasteiger partial charge in [0.1, 0.15) is 5.82 Å². The van der Waals surface area contributed by atoms with Crippen LogP contribution < -0.4 is 10.6 Å². The summed E-state index contributed by atoms with van der Waals surface area (Å²) in [4.78, 5) is 28.2. The molecule has 1 unspecified atom stereocenters. The van der Waals surface area contributed by atoms with E-state index >= 15 is 0 Å². The zero-order valence-electron chi connectivity index (χ0n) is 16.0. The fraction of sp³-hybridized carbons (Fsp3) is 0.571. The molecule has 1 atom stereocenters. The molecule has 1 aromatic carbocycles. The summed E-state index contributed by atoms with van der Waals surface area (Å²) in [6, 6.07) is 6.71. The van der Waals surface area contributed by atoms with Crippen LogP contribution in [0.3, 0.4) is 0 Å². The Labute approximate surface area is 159 Å². The minimum Gasteiger partial charge on any atom is -0.353 e. The van der Waals surface area contributed by atoms with Gasteiger partial charge in [-0.2, -0.15) is 0 Å². The van der Waals surface area contributed by atoms with Crippen LogP contribution in [0.25, 0.3) is 11.0 Å². The Morgan fingerprint density at radius 2 is 2.07 bits per heavy atom. The number of carbonyl (C=O) groups excluding carboxylic acids is 2. The van der Waals surface area contributed by atoms with Gasteiger partial charge < -0.3 is 15.2 Å². The largest absolute Gasteiger partial charge is 0.353 e. The molecule has 2 aromatic rings. The maximum absolute atomic E-state index is 12.3. The highest BCUT2D eigenvalue weighted by Crippen LogP contribution is 2.33. The van der Waals surface area contributed by atoms with E-state index in [2.05, 4.69) is 28.2 Å². The summed E-state index contributed by atoms with van der Waals surface area (Å²) in [5, 5.41) is 5.88. The Balaban J connectivity index is 1.42. The van der Waals surface area contributed by atoms with E-state index < -0.39 is 0 Å². The molecule has 0 spiro atoms. The van der Waals surface area contributed by atoms with Gasteiger partial charge in [-0.15, -0.1) is 0 Å². The predicted octanol–water partition coefficient (Wildman–Crippen LogP) is 3.85. The summed E-state index contributed by atoms with van der Waals surface area (Å²) < 4.78 is 2.38. The number of anilines is 1. The van der Waals surface area contributed by atoms with Crippen molar-refractivity contribution in [1.29, 1.82) is 0 Å². The molecule has 0 bridgehead atoms. The van der Waals surface area contributed by atoms with Crippen LogP contribution in [-0.4, -0.2) is 27.4 Å². The number of carbonyl (C=O) groups is 2. The fourth-order valence-electron chi connectivity index (χ4n) is 4.52. The summed E-state index contributed by atoms with van der Waals surface area (Å²) in [7, 11) is 0. The third kappa shape index (κ3) is 3.99. The number of benzene rings is 1. The third-order valence-corrected chi connectivity index (χ3v) is 5.89. The van der Waals surface area contributed by atoms with Crippen molar-refractivity contribution in [3.8, 4) is 0 Å². The maximum Gasteiger partial charge on any atom is 0.224 e. The van der Waals surface area contributed by atoms with Crippen molar-refractivity contribution in [3.63, 3.8) is 0 Å². The smallest absolute Gasteiger partial charge is 0.224 e. The molecule has 0 radical (unpaired) electrons. The molecule has 6 nitrogen and oxygen atoms in total. The zero-order valence-corrected chi connectivity index (χ0v) is 16.0. The highest BCUT2D eigenvalue weighted by Gasteiger charge is 2.22. The quantitative estimate of drug-likeness (QED) is 0.842. The number of aromatic nitrogens is 2. The lowest BCUT2D eigenvalue weighted by Gasteiger charge is -2.25. The lowest BCUT2D eigenvalue weighted by atomic mass is 9.95. The summed E-state index contributed by atoms with van der Waals surface area (Å²) >= 11 is 0. The summed E-state index contributed by atoms with van der Waals surface area (Å²) in [5.41, 5.74) is 2.89. The second-order valence-corrected chi connectivity index (χ2v) is 7.91. The first-order valence-electron chi connectivity index (χ1n) is 10.2. The highest BCUT2D eigenvalue weighted by atomic mass is 16.2. The van der Waals surface area contributed by atoms with E-state index in [1.165, 1.54) is 32.1 Å². The average Bonchev–Trinajstić information content (AvgIpc) is 3.22. The van der Waals surface area contributed by atoms with Crippen LogP contribution in [0.2, 0.25) is 0 Å².